The van der Waals surface area contributed by atoms with E-state index in [1.165, 1.54) is 6.33 Å². The molecule has 3 N–H and O–H groups in total. The van der Waals surface area contributed by atoms with Crippen molar-refractivity contribution in [1.82, 2.24) is 15.0 Å². The fourth-order valence-electron chi connectivity index (χ4n) is 1.02. The molecule has 0 bridgehead atoms. The highest BCUT2D eigenvalue weighted by Gasteiger charge is 1.99. The Morgan fingerprint density at radius 1 is 1.21 bits per heavy atom. The average Bonchev–Trinajstić information content (AvgIpc) is 2.23. The number of pyridine rings is 1. The summed E-state index contributed by atoms with van der Waals surface area (Å²) in [6.07, 6.45) is 6.39. The number of rotatable bonds is 2. The van der Waals surface area contributed by atoms with Gasteiger partial charge in [-0.3, -0.25) is 4.98 Å². The van der Waals surface area contributed by atoms with Crippen molar-refractivity contribution in [3.05, 3.63) is 37.1 Å². The summed E-state index contributed by atoms with van der Waals surface area (Å²) in [5.74, 6) is 0.591. The molecule has 2 aromatic rings. The standard InChI is InChI=1S/C9H9N5/c10-8-5-12-6-13-9(8)14-7-2-1-3-11-4-7/h1-6H,10H2,(H,12,13,14). The van der Waals surface area contributed by atoms with Crippen molar-refractivity contribution in [2.24, 2.45) is 0 Å². The lowest BCUT2D eigenvalue weighted by Gasteiger charge is -2.05. The Hall–Kier alpha value is -2.17. The molecule has 0 aliphatic heterocycles. The molecule has 0 spiro atoms. The smallest absolute Gasteiger partial charge is 0.157 e. The van der Waals surface area contributed by atoms with Gasteiger partial charge in [-0.1, -0.05) is 0 Å². The molecule has 14 heavy (non-hydrogen) atoms. The minimum atomic E-state index is 0.511. The number of nitrogen functional groups attached to an aromatic ring is 1. The minimum absolute atomic E-state index is 0.511. The van der Waals surface area contributed by atoms with Crippen molar-refractivity contribution in [3.63, 3.8) is 0 Å². The van der Waals surface area contributed by atoms with Gasteiger partial charge in [-0.15, -0.1) is 0 Å². The van der Waals surface area contributed by atoms with Crippen molar-refractivity contribution >= 4 is 17.2 Å². The third kappa shape index (κ3) is 1.77. The fraction of sp³-hybridized carbons (Fsp3) is 0. The van der Waals surface area contributed by atoms with Crippen LogP contribution in [-0.2, 0) is 0 Å². The predicted octanol–water partition coefficient (Wildman–Crippen LogP) is 1.20. The van der Waals surface area contributed by atoms with Crippen molar-refractivity contribution in [3.8, 4) is 0 Å². The Morgan fingerprint density at radius 2 is 2.14 bits per heavy atom. The van der Waals surface area contributed by atoms with Gasteiger partial charge in [-0.05, 0) is 12.1 Å². The third-order valence-corrected chi connectivity index (χ3v) is 1.66. The molecule has 0 saturated heterocycles. The summed E-state index contributed by atoms with van der Waals surface area (Å²) in [5, 5.41) is 3.03. The van der Waals surface area contributed by atoms with Gasteiger partial charge in [0.25, 0.3) is 0 Å². The van der Waals surface area contributed by atoms with Crippen LogP contribution in [0.2, 0.25) is 0 Å². The molecule has 0 fully saturated rings. The lowest BCUT2D eigenvalue weighted by molar-refractivity contribution is 1.17. The second-order valence-corrected chi connectivity index (χ2v) is 2.69. The van der Waals surface area contributed by atoms with E-state index in [1.54, 1.807) is 18.6 Å². The Labute approximate surface area is 81.0 Å². The van der Waals surface area contributed by atoms with E-state index in [4.69, 9.17) is 5.73 Å². The number of aromatic nitrogens is 3. The van der Waals surface area contributed by atoms with Gasteiger partial charge in [0.2, 0.25) is 0 Å². The number of nitrogens with two attached hydrogens (primary N) is 1. The molecule has 0 saturated carbocycles. The number of hydrogen-bond donors (Lipinski definition) is 2. The maximum atomic E-state index is 5.66. The largest absolute Gasteiger partial charge is 0.394 e. The van der Waals surface area contributed by atoms with E-state index in [0.29, 0.717) is 11.5 Å². The molecule has 2 aromatic heterocycles. The Kier molecular flexibility index (Phi) is 2.22. The van der Waals surface area contributed by atoms with Gasteiger partial charge in [0.05, 0.1) is 23.8 Å². The molecule has 5 heteroatoms. The highest BCUT2D eigenvalue weighted by molar-refractivity contribution is 5.66. The first-order chi connectivity index (χ1) is 6.86. The quantitative estimate of drug-likeness (QED) is 0.738. The first-order valence-electron chi connectivity index (χ1n) is 4.09. The monoisotopic (exact) mass is 187 g/mol. The zero-order valence-corrected chi connectivity index (χ0v) is 7.38. The summed E-state index contributed by atoms with van der Waals surface area (Å²) in [6, 6.07) is 3.72. The second-order valence-electron chi connectivity index (χ2n) is 2.69. The summed E-state index contributed by atoms with van der Waals surface area (Å²) >= 11 is 0. The predicted molar refractivity (Wildman–Crippen MR) is 54.0 cm³/mol. The molecule has 2 rings (SSSR count). The lowest BCUT2D eigenvalue weighted by Crippen LogP contribution is -1.99. The molecule has 0 aromatic carbocycles. The third-order valence-electron chi connectivity index (χ3n) is 1.66. The fourth-order valence-corrected chi connectivity index (χ4v) is 1.02. The van der Waals surface area contributed by atoms with Gasteiger partial charge in [-0.2, -0.15) is 0 Å². The Morgan fingerprint density at radius 3 is 2.86 bits per heavy atom. The Bertz CT molecular complexity index is 415. The summed E-state index contributed by atoms with van der Waals surface area (Å²) in [4.78, 5) is 11.8. The molecule has 0 unspecified atom stereocenters. The molecule has 0 radical (unpaired) electrons. The lowest BCUT2D eigenvalue weighted by atomic mass is 10.4. The SMILES string of the molecule is Nc1cncnc1Nc1cccnc1. The number of nitrogens with one attached hydrogen (secondary N) is 1. The zero-order valence-electron chi connectivity index (χ0n) is 7.38. The van der Waals surface area contributed by atoms with Crippen LogP contribution in [0, 0.1) is 0 Å². The van der Waals surface area contributed by atoms with E-state index in [0.717, 1.165) is 5.69 Å². The summed E-state index contributed by atoms with van der Waals surface area (Å²) in [6.45, 7) is 0. The van der Waals surface area contributed by atoms with Gasteiger partial charge < -0.3 is 11.1 Å². The normalized spacial score (nSPS) is 9.71. The topological polar surface area (TPSA) is 76.7 Å². The van der Waals surface area contributed by atoms with E-state index < -0.39 is 0 Å². The van der Waals surface area contributed by atoms with E-state index >= 15 is 0 Å². The summed E-state index contributed by atoms with van der Waals surface area (Å²) in [7, 11) is 0. The van der Waals surface area contributed by atoms with Crippen LogP contribution in [-0.4, -0.2) is 15.0 Å². The van der Waals surface area contributed by atoms with Crippen LogP contribution in [0.1, 0.15) is 0 Å². The van der Waals surface area contributed by atoms with Gasteiger partial charge >= 0.3 is 0 Å². The minimum Gasteiger partial charge on any atom is -0.394 e. The molecule has 0 aliphatic carbocycles. The van der Waals surface area contributed by atoms with Crippen LogP contribution in [0.3, 0.4) is 0 Å². The van der Waals surface area contributed by atoms with Crippen LogP contribution in [0.4, 0.5) is 17.2 Å². The van der Waals surface area contributed by atoms with Gasteiger partial charge in [-0.25, -0.2) is 9.97 Å². The maximum absolute atomic E-state index is 5.66. The molecule has 2 heterocycles. The van der Waals surface area contributed by atoms with E-state index in [2.05, 4.69) is 20.3 Å². The molecule has 70 valence electrons. The maximum Gasteiger partial charge on any atom is 0.157 e. The van der Waals surface area contributed by atoms with Crippen LogP contribution in [0.15, 0.2) is 37.1 Å². The Balaban J connectivity index is 2.24. The highest BCUT2D eigenvalue weighted by atomic mass is 15.0. The number of hydrogen-bond acceptors (Lipinski definition) is 5. The first-order valence-corrected chi connectivity index (χ1v) is 4.09. The first kappa shape index (κ1) is 8.43. The molecule has 0 aliphatic rings. The number of anilines is 3. The van der Waals surface area contributed by atoms with Crippen molar-refractivity contribution in [2.75, 3.05) is 11.1 Å². The second kappa shape index (κ2) is 3.69. The molecule has 0 amide bonds. The van der Waals surface area contributed by atoms with Crippen LogP contribution in [0.25, 0.3) is 0 Å². The van der Waals surface area contributed by atoms with Crippen molar-refractivity contribution < 1.29 is 0 Å². The molecular formula is C9H9N5. The molecule has 5 nitrogen and oxygen atoms in total. The van der Waals surface area contributed by atoms with E-state index in [-0.39, 0.29) is 0 Å². The summed E-state index contributed by atoms with van der Waals surface area (Å²) < 4.78 is 0. The van der Waals surface area contributed by atoms with Crippen molar-refractivity contribution in [2.45, 2.75) is 0 Å². The van der Waals surface area contributed by atoms with Crippen LogP contribution in [0.5, 0.6) is 0 Å². The highest BCUT2D eigenvalue weighted by Crippen LogP contribution is 2.17. The summed E-state index contributed by atoms with van der Waals surface area (Å²) in [5.41, 5.74) is 7.02. The van der Waals surface area contributed by atoms with Crippen LogP contribution >= 0.6 is 0 Å². The zero-order chi connectivity index (χ0) is 9.80. The molecular weight excluding hydrogens is 178 g/mol. The van der Waals surface area contributed by atoms with Crippen LogP contribution < -0.4 is 11.1 Å². The van der Waals surface area contributed by atoms with E-state index in [9.17, 15) is 0 Å². The van der Waals surface area contributed by atoms with Crippen molar-refractivity contribution in [1.29, 1.82) is 0 Å². The van der Waals surface area contributed by atoms with Gasteiger partial charge in [0.15, 0.2) is 5.82 Å². The molecule has 0 atom stereocenters. The van der Waals surface area contributed by atoms with Gasteiger partial charge in [0, 0.05) is 6.20 Å². The van der Waals surface area contributed by atoms with Gasteiger partial charge in [0.1, 0.15) is 6.33 Å². The van der Waals surface area contributed by atoms with E-state index in [1.807, 2.05) is 12.1 Å². The average molecular weight is 187 g/mol. The number of nitrogens with zero attached hydrogens (tertiary/aromatic N) is 3.